The van der Waals surface area contributed by atoms with Gasteiger partial charge in [-0.2, -0.15) is 5.10 Å². The summed E-state index contributed by atoms with van der Waals surface area (Å²) in [5.74, 6) is 0.847. The van der Waals surface area contributed by atoms with Crippen LogP contribution in [-0.4, -0.2) is 36.7 Å². The Morgan fingerprint density at radius 3 is 2.62 bits per heavy atom. The van der Waals surface area contributed by atoms with Crippen LogP contribution in [0.1, 0.15) is 36.5 Å². The SMILES string of the molecule is CCc1ccc(CC(C)c2cc(-c3n[nH]c(=O)n3-c3ccc4c(ccn4C)c3)c(O)cc2O)cc1OC. The monoisotopic (exact) mass is 498 g/mol. The number of hydrogen-bond donors (Lipinski definition) is 3. The predicted octanol–water partition coefficient (Wildman–Crippen LogP) is 5.05. The highest BCUT2D eigenvalue weighted by Crippen LogP contribution is 2.39. The van der Waals surface area contributed by atoms with E-state index in [0.29, 0.717) is 23.2 Å². The minimum atomic E-state index is -0.421. The molecule has 5 rings (SSSR count). The molecule has 3 aromatic carbocycles. The fraction of sp³-hybridized carbons (Fsp3) is 0.241. The second-order valence-corrected chi connectivity index (χ2v) is 9.39. The molecule has 0 fully saturated rings. The van der Waals surface area contributed by atoms with Crippen LogP contribution in [-0.2, 0) is 19.9 Å². The minimum Gasteiger partial charge on any atom is -0.508 e. The molecule has 37 heavy (non-hydrogen) atoms. The van der Waals surface area contributed by atoms with Crippen LogP contribution in [0.4, 0.5) is 0 Å². The second kappa shape index (κ2) is 9.54. The molecule has 8 nitrogen and oxygen atoms in total. The van der Waals surface area contributed by atoms with E-state index in [4.69, 9.17) is 4.74 Å². The fourth-order valence-corrected chi connectivity index (χ4v) is 4.96. The third-order valence-corrected chi connectivity index (χ3v) is 6.99. The molecule has 0 aliphatic heterocycles. The van der Waals surface area contributed by atoms with Gasteiger partial charge >= 0.3 is 5.69 Å². The van der Waals surface area contributed by atoms with E-state index in [9.17, 15) is 15.0 Å². The first-order valence-electron chi connectivity index (χ1n) is 12.3. The van der Waals surface area contributed by atoms with Gasteiger partial charge in [-0.15, -0.1) is 0 Å². The normalized spacial score (nSPS) is 12.2. The van der Waals surface area contributed by atoms with Crippen LogP contribution in [0.25, 0.3) is 28.0 Å². The van der Waals surface area contributed by atoms with Gasteiger partial charge in [0.25, 0.3) is 0 Å². The number of rotatable bonds is 7. The number of phenolic OH excluding ortho intramolecular Hbond substituents is 2. The van der Waals surface area contributed by atoms with Crippen LogP contribution < -0.4 is 10.4 Å². The zero-order valence-electron chi connectivity index (χ0n) is 21.3. The molecule has 1 atom stereocenters. The van der Waals surface area contributed by atoms with Crippen LogP contribution in [0.15, 0.2) is 65.6 Å². The maximum Gasteiger partial charge on any atom is 0.348 e. The van der Waals surface area contributed by atoms with Gasteiger partial charge in [0.05, 0.1) is 18.4 Å². The molecular weight excluding hydrogens is 468 g/mol. The van der Waals surface area contributed by atoms with Crippen molar-refractivity contribution >= 4 is 10.9 Å². The number of phenols is 2. The van der Waals surface area contributed by atoms with Crippen molar-refractivity contribution in [3.63, 3.8) is 0 Å². The van der Waals surface area contributed by atoms with E-state index in [1.165, 1.54) is 10.6 Å². The predicted molar refractivity (Wildman–Crippen MR) is 144 cm³/mol. The molecule has 5 aromatic rings. The minimum absolute atomic E-state index is 0.0129. The second-order valence-electron chi connectivity index (χ2n) is 9.39. The zero-order valence-corrected chi connectivity index (χ0v) is 21.3. The topological polar surface area (TPSA) is 105 Å². The van der Waals surface area contributed by atoms with Crippen LogP contribution in [0.5, 0.6) is 17.2 Å². The molecular formula is C29H30N4O4. The maximum atomic E-state index is 12.8. The Morgan fingerprint density at radius 1 is 1.05 bits per heavy atom. The molecule has 0 aliphatic rings. The summed E-state index contributed by atoms with van der Waals surface area (Å²) in [6.07, 6.45) is 3.48. The van der Waals surface area contributed by atoms with Crippen LogP contribution >= 0.6 is 0 Å². The van der Waals surface area contributed by atoms with Gasteiger partial charge < -0.3 is 19.5 Å². The number of nitrogens with zero attached hydrogens (tertiary/aromatic N) is 3. The van der Waals surface area contributed by atoms with E-state index in [1.807, 2.05) is 55.1 Å². The molecule has 8 heteroatoms. The summed E-state index contributed by atoms with van der Waals surface area (Å²) in [7, 11) is 3.63. The standard InChI is InChI=1S/C29H30N4O4/c1-5-19-7-6-18(13-27(19)37-4)12-17(2)22-15-23(26(35)16-25(22)34)28-30-31-29(36)33(28)21-8-9-24-20(14-21)10-11-32(24)3/h6-11,13-17,34-35H,5,12H2,1-4H3,(H,31,36). The Balaban J connectivity index is 1.54. The summed E-state index contributed by atoms with van der Waals surface area (Å²) in [4.78, 5) is 12.8. The zero-order chi connectivity index (χ0) is 26.3. The number of nitrogens with one attached hydrogen (secondary N) is 1. The third kappa shape index (κ3) is 4.35. The van der Waals surface area contributed by atoms with Gasteiger partial charge in [-0.3, -0.25) is 0 Å². The first-order valence-corrected chi connectivity index (χ1v) is 12.3. The van der Waals surface area contributed by atoms with Gasteiger partial charge in [-0.05, 0) is 71.8 Å². The number of aromatic nitrogens is 4. The van der Waals surface area contributed by atoms with Crippen molar-refractivity contribution in [2.45, 2.75) is 32.6 Å². The molecule has 0 bridgehead atoms. The Bertz CT molecular complexity index is 1660. The number of ether oxygens (including phenoxy) is 1. The number of methoxy groups -OCH3 is 1. The number of aryl methyl sites for hydroxylation is 2. The number of H-pyrrole nitrogens is 1. The van der Waals surface area contributed by atoms with Crippen molar-refractivity contribution in [3.05, 3.63) is 88.0 Å². The number of hydrogen-bond acceptors (Lipinski definition) is 5. The lowest BCUT2D eigenvalue weighted by Gasteiger charge is -2.17. The van der Waals surface area contributed by atoms with Crippen LogP contribution in [0, 0.1) is 0 Å². The largest absolute Gasteiger partial charge is 0.508 e. The van der Waals surface area contributed by atoms with Crippen molar-refractivity contribution in [2.24, 2.45) is 7.05 Å². The van der Waals surface area contributed by atoms with Crippen LogP contribution in [0.3, 0.4) is 0 Å². The Morgan fingerprint density at radius 2 is 1.86 bits per heavy atom. The lowest BCUT2D eigenvalue weighted by Crippen LogP contribution is -2.15. The lowest BCUT2D eigenvalue weighted by molar-refractivity contribution is 0.409. The molecule has 190 valence electrons. The molecule has 2 aromatic heterocycles. The molecule has 2 heterocycles. The molecule has 0 amide bonds. The Kier molecular flexibility index (Phi) is 6.25. The highest BCUT2D eigenvalue weighted by molar-refractivity contribution is 5.82. The van der Waals surface area contributed by atoms with Crippen molar-refractivity contribution in [3.8, 4) is 34.3 Å². The number of aromatic hydroxyl groups is 2. The summed E-state index contributed by atoms with van der Waals surface area (Å²) in [6, 6.07) is 16.8. The van der Waals surface area contributed by atoms with Gasteiger partial charge in [0, 0.05) is 30.2 Å². The number of benzene rings is 3. The maximum absolute atomic E-state index is 12.8. The van der Waals surface area contributed by atoms with E-state index < -0.39 is 5.69 Å². The first kappa shape index (κ1) is 24.2. The summed E-state index contributed by atoms with van der Waals surface area (Å²) >= 11 is 0. The Hall–Kier alpha value is -4.46. The van der Waals surface area contributed by atoms with E-state index in [1.54, 1.807) is 13.2 Å². The van der Waals surface area contributed by atoms with Crippen LogP contribution in [0.2, 0.25) is 0 Å². The van der Waals surface area contributed by atoms with Gasteiger partial charge in [-0.25, -0.2) is 14.5 Å². The molecule has 1 unspecified atom stereocenters. The van der Waals surface area contributed by atoms with Gasteiger partial charge in [-0.1, -0.05) is 26.0 Å². The van der Waals surface area contributed by atoms with Crippen molar-refractivity contribution in [2.75, 3.05) is 7.11 Å². The summed E-state index contributed by atoms with van der Waals surface area (Å²) in [5.41, 5.74) is 4.45. The summed E-state index contributed by atoms with van der Waals surface area (Å²) in [6.45, 7) is 4.10. The average molecular weight is 499 g/mol. The average Bonchev–Trinajstić information content (AvgIpc) is 3.45. The molecule has 0 saturated heterocycles. The quantitative estimate of drug-likeness (QED) is 0.291. The summed E-state index contributed by atoms with van der Waals surface area (Å²) < 4.78 is 8.97. The van der Waals surface area contributed by atoms with E-state index in [-0.39, 0.29) is 23.2 Å². The number of aromatic amines is 1. The number of fused-ring (bicyclic) bond motifs is 1. The van der Waals surface area contributed by atoms with Crippen molar-refractivity contribution < 1.29 is 14.9 Å². The fourth-order valence-electron chi connectivity index (χ4n) is 4.96. The van der Waals surface area contributed by atoms with Crippen molar-refractivity contribution in [1.82, 2.24) is 19.3 Å². The van der Waals surface area contributed by atoms with Gasteiger partial charge in [0.1, 0.15) is 17.2 Å². The molecule has 0 aliphatic carbocycles. The first-order chi connectivity index (χ1) is 17.8. The Labute approximate surface area is 214 Å². The van der Waals surface area contributed by atoms with E-state index >= 15 is 0 Å². The highest BCUT2D eigenvalue weighted by Gasteiger charge is 2.21. The third-order valence-electron chi connectivity index (χ3n) is 6.99. The summed E-state index contributed by atoms with van der Waals surface area (Å²) in [5, 5.41) is 29.2. The van der Waals surface area contributed by atoms with E-state index in [0.717, 1.165) is 34.2 Å². The lowest BCUT2D eigenvalue weighted by atomic mass is 9.90. The van der Waals surface area contributed by atoms with Crippen molar-refractivity contribution in [1.29, 1.82) is 0 Å². The van der Waals surface area contributed by atoms with E-state index in [2.05, 4.69) is 29.3 Å². The highest BCUT2D eigenvalue weighted by atomic mass is 16.5. The molecule has 0 radical (unpaired) electrons. The molecule has 0 saturated carbocycles. The molecule has 0 spiro atoms. The molecule has 3 N–H and O–H groups in total. The smallest absolute Gasteiger partial charge is 0.348 e. The van der Waals surface area contributed by atoms with Gasteiger partial charge in [0.2, 0.25) is 0 Å². The van der Waals surface area contributed by atoms with Gasteiger partial charge in [0.15, 0.2) is 5.82 Å².